The zero-order valence-electron chi connectivity index (χ0n) is 23.1. The fourth-order valence-electron chi connectivity index (χ4n) is 4.31. The molecule has 2 fully saturated rings. The maximum Gasteiger partial charge on any atom is 0.410 e. The van der Waals surface area contributed by atoms with E-state index in [0.717, 1.165) is 75.3 Å². The molecule has 2 aliphatic heterocycles. The fraction of sp³-hybridized carbons (Fsp3) is 0.444. The largest absolute Gasteiger partial charge is 0.444 e. The highest BCUT2D eigenvalue weighted by atomic mass is 35.5. The second-order valence-electron chi connectivity index (χ2n) is 10.4. The molecule has 2 saturated heterocycles. The zero-order valence-corrected chi connectivity index (χ0v) is 27.8. The highest BCUT2D eigenvalue weighted by Gasteiger charge is 2.27. The molecule has 0 radical (unpaired) electrons. The Morgan fingerprint density at radius 1 is 0.805 bits per heavy atom. The molecule has 41 heavy (non-hydrogen) atoms. The Balaban J connectivity index is 0.000000227. The van der Waals surface area contributed by atoms with Crippen molar-refractivity contribution in [3.63, 3.8) is 0 Å². The van der Waals surface area contributed by atoms with Crippen LogP contribution < -0.4 is 15.1 Å². The van der Waals surface area contributed by atoms with Gasteiger partial charge in [0.1, 0.15) is 5.60 Å². The first-order valence-corrected chi connectivity index (χ1v) is 15.3. The van der Waals surface area contributed by atoms with Crippen LogP contribution in [-0.2, 0) is 4.74 Å². The third-order valence-electron chi connectivity index (χ3n) is 6.27. The number of aromatic nitrogens is 2. The van der Waals surface area contributed by atoms with Crippen molar-refractivity contribution in [3.8, 4) is 0 Å². The van der Waals surface area contributed by atoms with Crippen molar-refractivity contribution < 1.29 is 9.53 Å². The van der Waals surface area contributed by atoms with Crippen LogP contribution in [0.5, 0.6) is 0 Å². The molecule has 224 valence electrons. The topological polar surface area (TPSA) is 73.8 Å². The summed E-state index contributed by atoms with van der Waals surface area (Å²) in [5.41, 5.74) is 1.55. The number of nitrogens with one attached hydrogen (secondary N) is 1. The van der Waals surface area contributed by atoms with Gasteiger partial charge in [0.15, 0.2) is 10.3 Å². The monoisotopic (exact) mass is 678 g/mol. The molecule has 2 aliphatic rings. The highest BCUT2D eigenvalue weighted by molar-refractivity contribution is 7.22. The van der Waals surface area contributed by atoms with Gasteiger partial charge in [0.25, 0.3) is 0 Å². The summed E-state index contributed by atoms with van der Waals surface area (Å²) in [5.74, 6) is 0. The van der Waals surface area contributed by atoms with E-state index in [1.165, 1.54) is 4.70 Å². The molecule has 0 saturated carbocycles. The van der Waals surface area contributed by atoms with Crippen LogP contribution in [0.2, 0.25) is 10.0 Å². The fourth-order valence-corrected chi connectivity index (χ4v) is 6.89. The second-order valence-corrected chi connectivity index (χ2v) is 13.3. The van der Waals surface area contributed by atoms with Gasteiger partial charge in [0, 0.05) is 62.4 Å². The molecule has 0 aliphatic carbocycles. The lowest BCUT2D eigenvalue weighted by molar-refractivity contribution is 0.0240. The van der Waals surface area contributed by atoms with Gasteiger partial charge >= 0.3 is 6.09 Å². The Labute approximate surface area is 270 Å². The van der Waals surface area contributed by atoms with Gasteiger partial charge in [-0.3, -0.25) is 0 Å². The maximum absolute atomic E-state index is 12.1. The van der Waals surface area contributed by atoms with Crippen molar-refractivity contribution in [3.05, 3.63) is 46.4 Å². The van der Waals surface area contributed by atoms with Crippen LogP contribution in [0.4, 0.5) is 15.1 Å². The van der Waals surface area contributed by atoms with Gasteiger partial charge in [0.05, 0.1) is 20.4 Å². The second kappa shape index (κ2) is 14.6. The quantitative estimate of drug-likeness (QED) is 0.240. The van der Waals surface area contributed by atoms with Crippen molar-refractivity contribution >= 4 is 107 Å². The van der Waals surface area contributed by atoms with E-state index in [1.807, 2.05) is 57.2 Å². The third kappa shape index (κ3) is 8.86. The summed E-state index contributed by atoms with van der Waals surface area (Å²) in [5, 5.41) is 6.93. The average Bonchev–Trinajstić information content (AvgIpc) is 3.52. The van der Waals surface area contributed by atoms with Crippen LogP contribution in [0.15, 0.2) is 36.4 Å². The lowest BCUT2D eigenvalue weighted by atomic mass is 10.2. The molecular weight excluding hydrogens is 646 g/mol. The molecular formula is C27H34Cl4N6O2S2. The number of fused-ring (bicyclic) bond motifs is 2. The van der Waals surface area contributed by atoms with Gasteiger partial charge in [-0.25, -0.2) is 14.8 Å². The summed E-state index contributed by atoms with van der Waals surface area (Å²) >= 11 is 15.4. The third-order valence-corrected chi connectivity index (χ3v) is 8.90. The van der Waals surface area contributed by atoms with E-state index in [-0.39, 0.29) is 30.9 Å². The minimum Gasteiger partial charge on any atom is -0.444 e. The summed E-state index contributed by atoms with van der Waals surface area (Å²) in [6, 6.07) is 11.6. The summed E-state index contributed by atoms with van der Waals surface area (Å²) in [7, 11) is 0. The van der Waals surface area contributed by atoms with Crippen molar-refractivity contribution in [2.75, 3.05) is 62.2 Å². The first kappa shape index (κ1) is 33.7. The summed E-state index contributed by atoms with van der Waals surface area (Å²) in [6.45, 7) is 12.6. The van der Waals surface area contributed by atoms with Gasteiger partial charge in [-0.15, -0.1) is 24.8 Å². The average molecular weight is 681 g/mol. The Hall–Kier alpha value is -1.79. The van der Waals surface area contributed by atoms with Crippen molar-refractivity contribution in [2.24, 2.45) is 0 Å². The minimum atomic E-state index is -0.458. The Bertz CT molecular complexity index is 1450. The number of hydrogen-bond acceptors (Lipinski definition) is 9. The Morgan fingerprint density at radius 2 is 1.27 bits per heavy atom. The smallest absolute Gasteiger partial charge is 0.410 e. The molecule has 1 N–H and O–H groups in total. The van der Waals surface area contributed by atoms with Gasteiger partial charge in [-0.2, -0.15) is 0 Å². The molecule has 4 aromatic rings. The zero-order chi connectivity index (χ0) is 27.6. The molecule has 0 atom stereocenters. The van der Waals surface area contributed by atoms with Gasteiger partial charge in [-0.05, 0) is 57.2 Å². The number of benzene rings is 2. The number of thiazole rings is 2. The van der Waals surface area contributed by atoms with Gasteiger partial charge in [0.2, 0.25) is 0 Å². The Morgan fingerprint density at radius 3 is 1.73 bits per heavy atom. The van der Waals surface area contributed by atoms with Gasteiger partial charge < -0.3 is 24.8 Å². The van der Waals surface area contributed by atoms with Crippen LogP contribution in [0.1, 0.15) is 20.8 Å². The predicted molar refractivity (Wildman–Crippen MR) is 179 cm³/mol. The van der Waals surface area contributed by atoms with E-state index < -0.39 is 5.60 Å². The predicted octanol–water partition coefficient (Wildman–Crippen LogP) is 7.21. The van der Waals surface area contributed by atoms with E-state index in [1.54, 1.807) is 27.6 Å². The van der Waals surface area contributed by atoms with Crippen molar-refractivity contribution in [1.29, 1.82) is 0 Å². The number of nitrogens with zero attached hydrogens (tertiary/aromatic N) is 5. The standard InChI is InChI=1S/C16H20ClN3O2S.C11H12ClN3S.2ClH/c1-16(2,3)22-15(21)20-8-6-19(7-9-20)14-18-12-5-4-11(17)10-13(12)23-14;12-8-1-2-9-10(7-8)16-11(14-9)15-5-3-13-4-6-15;;/h4-5,10H,6-9H2,1-3H3;1-2,7,13H,3-6H2;2*1H. The molecule has 14 heteroatoms. The normalized spacial score (nSPS) is 15.6. The number of hydrogen-bond donors (Lipinski definition) is 1. The number of anilines is 2. The lowest BCUT2D eigenvalue weighted by Gasteiger charge is -2.35. The first-order chi connectivity index (χ1) is 18.6. The highest BCUT2D eigenvalue weighted by Crippen LogP contribution is 2.32. The van der Waals surface area contributed by atoms with Crippen molar-refractivity contribution in [2.45, 2.75) is 26.4 Å². The van der Waals surface area contributed by atoms with E-state index in [4.69, 9.17) is 27.9 Å². The maximum atomic E-state index is 12.1. The number of halogens is 4. The van der Waals surface area contributed by atoms with Crippen LogP contribution in [-0.4, -0.2) is 78.9 Å². The first-order valence-electron chi connectivity index (χ1n) is 13.0. The number of amides is 1. The number of piperazine rings is 2. The molecule has 2 aromatic heterocycles. The van der Waals surface area contributed by atoms with Crippen LogP contribution in [0.3, 0.4) is 0 Å². The molecule has 1 amide bonds. The molecule has 0 bridgehead atoms. The molecule has 0 spiro atoms. The Kier molecular flexibility index (Phi) is 12.0. The van der Waals surface area contributed by atoms with E-state index >= 15 is 0 Å². The lowest BCUT2D eigenvalue weighted by Crippen LogP contribution is -2.50. The summed E-state index contributed by atoms with van der Waals surface area (Å²) in [4.78, 5) is 27.7. The molecule has 8 nitrogen and oxygen atoms in total. The number of carbonyl (C=O) groups excluding carboxylic acids is 1. The van der Waals surface area contributed by atoms with E-state index in [2.05, 4.69) is 25.1 Å². The van der Waals surface area contributed by atoms with Crippen LogP contribution in [0, 0.1) is 0 Å². The molecule has 2 aromatic carbocycles. The number of ether oxygens (including phenoxy) is 1. The summed E-state index contributed by atoms with van der Waals surface area (Å²) in [6.07, 6.45) is -0.242. The summed E-state index contributed by atoms with van der Waals surface area (Å²) < 4.78 is 7.67. The number of carbonyl (C=O) groups is 1. The molecule has 0 unspecified atom stereocenters. The molecule has 4 heterocycles. The van der Waals surface area contributed by atoms with Crippen LogP contribution in [0.25, 0.3) is 20.4 Å². The van der Waals surface area contributed by atoms with E-state index in [0.29, 0.717) is 13.1 Å². The van der Waals surface area contributed by atoms with E-state index in [9.17, 15) is 4.79 Å². The minimum absolute atomic E-state index is 0. The number of rotatable bonds is 2. The SMILES string of the molecule is CC(C)(C)OC(=O)N1CCN(c2nc3ccc(Cl)cc3s2)CC1.Cl.Cl.Clc1ccc2nc(N3CCNCC3)sc2c1. The van der Waals surface area contributed by atoms with Gasteiger partial charge in [-0.1, -0.05) is 45.9 Å². The van der Waals surface area contributed by atoms with Crippen LogP contribution >= 0.6 is 70.7 Å². The van der Waals surface area contributed by atoms with Crippen molar-refractivity contribution in [1.82, 2.24) is 20.2 Å². The molecule has 6 rings (SSSR count).